The molecule has 2 amide bonds. The van der Waals surface area contributed by atoms with E-state index in [9.17, 15) is 14.0 Å². The van der Waals surface area contributed by atoms with E-state index in [1.54, 1.807) is 17.3 Å². The monoisotopic (exact) mass is 799 g/mol. The van der Waals surface area contributed by atoms with Gasteiger partial charge in [-0.1, -0.05) is 18.5 Å². The highest BCUT2D eigenvalue weighted by atomic mass is 35.5. The van der Waals surface area contributed by atoms with Crippen molar-refractivity contribution in [3.8, 4) is 0 Å². The maximum absolute atomic E-state index is 14.4. The van der Waals surface area contributed by atoms with Gasteiger partial charge in [0.2, 0.25) is 11.8 Å². The Hall–Kier alpha value is -3.24. The van der Waals surface area contributed by atoms with E-state index in [0.717, 1.165) is 61.6 Å². The van der Waals surface area contributed by atoms with Crippen LogP contribution in [0.4, 0.5) is 10.1 Å². The number of amides is 2. The summed E-state index contributed by atoms with van der Waals surface area (Å²) in [5, 5.41) is 0.580. The minimum atomic E-state index is -0.738. The highest BCUT2D eigenvalue weighted by molar-refractivity contribution is 6.31. The van der Waals surface area contributed by atoms with Gasteiger partial charge in [0.05, 0.1) is 101 Å². The molecular weight excluding hydrogens is 741 g/mol. The number of anilines is 1. The number of alkyl halides is 1. The van der Waals surface area contributed by atoms with E-state index in [4.69, 9.17) is 35.5 Å². The maximum atomic E-state index is 14.4. The highest BCUT2D eigenvalue weighted by Gasteiger charge is 2.52. The van der Waals surface area contributed by atoms with E-state index in [2.05, 4.69) is 26.3 Å². The van der Waals surface area contributed by atoms with Crippen LogP contribution in [0.15, 0.2) is 36.7 Å². The van der Waals surface area contributed by atoms with Crippen molar-refractivity contribution in [2.24, 2.45) is 0 Å². The molecule has 2 saturated heterocycles. The van der Waals surface area contributed by atoms with E-state index in [1.165, 1.54) is 13.0 Å². The molecule has 2 fully saturated rings. The minimum Gasteiger partial charge on any atom is -0.379 e. The van der Waals surface area contributed by atoms with Crippen LogP contribution < -0.4 is 4.90 Å². The third-order valence-electron chi connectivity index (χ3n) is 11.2. The van der Waals surface area contributed by atoms with Gasteiger partial charge in [-0.3, -0.25) is 23.9 Å². The van der Waals surface area contributed by atoms with Gasteiger partial charge in [0.1, 0.15) is 5.82 Å². The van der Waals surface area contributed by atoms with Crippen molar-refractivity contribution in [3.63, 3.8) is 0 Å². The summed E-state index contributed by atoms with van der Waals surface area (Å²) in [5.41, 5.74) is 2.61. The lowest BCUT2D eigenvalue weighted by Gasteiger charge is -2.38. The number of likely N-dealkylation sites (tertiary alicyclic amines) is 1. The number of hydrogen-bond acceptors (Lipinski definition) is 10. The van der Waals surface area contributed by atoms with Crippen molar-refractivity contribution in [2.45, 2.75) is 64.0 Å². The number of piperidine rings is 1. The van der Waals surface area contributed by atoms with Gasteiger partial charge >= 0.3 is 0 Å². The van der Waals surface area contributed by atoms with Crippen molar-refractivity contribution in [1.82, 2.24) is 29.2 Å². The van der Waals surface area contributed by atoms with Crippen LogP contribution in [0.25, 0.3) is 11.0 Å². The number of halogens is 2. The first-order valence-electron chi connectivity index (χ1n) is 20.4. The molecule has 0 N–H and O–H groups in total. The number of fused-ring (bicyclic) bond motifs is 3. The zero-order valence-corrected chi connectivity index (χ0v) is 33.7. The van der Waals surface area contributed by atoms with Crippen LogP contribution in [0.2, 0.25) is 5.02 Å². The molecule has 5 heterocycles. The van der Waals surface area contributed by atoms with Crippen molar-refractivity contribution in [1.29, 1.82) is 0 Å². The topological polar surface area (TPSA) is 115 Å². The lowest BCUT2D eigenvalue weighted by molar-refractivity contribution is -0.136. The molecule has 3 aliphatic rings. The summed E-state index contributed by atoms with van der Waals surface area (Å²) in [4.78, 5) is 45.4. The Labute approximate surface area is 335 Å². The van der Waals surface area contributed by atoms with Crippen LogP contribution in [-0.2, 0) is 47.0 Å². The molecule has 6 rings (SSSR count). The molecule has 15 heteroatoms. The Morgan fingerprint density at radius 1 is 0.839 bits per heavy atom. The first kappa shape index (κ1) is 42.4. The molecule has 0 unspecified atom stereocenters. The number of hydrogen-bond donors (Lipinski definition) is 0. The fourth-order valence-electron chi connectivity index (χ4n) is 8.12. The van der Waals surface area contributed by atoms with Gasteiger partial charge in [0.25, 0.3) is 0 Å². The van der Waals surface area contributed by atoms with Crippen molar-refractivity contribution in [3.05, 3.63) is 53.1 Å². The van der Waals surface area contributed by atoms with E-state index >= 15 is 0 Å². The fourth-order valence-corrected chi connectivity index (χ4v) is 8.29. The van der Waals surface area contributed by atoms with Crippen LogP contribution in [-0.4, -0.2) is 153 Å². The third kappa shape index (κ3) is 10.8. The van der Waals surface area contributed by atoms with E-state index in [0.29, 0.717) is 102 Å². The summed E-state index contributed by atoms with van der Waals surface area (Å²) in [6, 6.07) is 7.49. The Bertz CT molecular complexity index is 1700. The molecule has 3 aliphatic heterocycles. The standard InChI is InChI=1S/C41H59ClFN7O6/c1-2-13-46-17-19-47(20-18-46)21-23-54-25-27-56-29-28-55-26-24-53-22-8-39(51)48-15-9-41(10-16-48)34-7-12-44-31-37(34)50(40(41)52)32-38-45-35-30-33(42)5-6-36(35)49(38)14-4-3-11-43/h5-7,12,30-31H,2-4,8-11,13-29,32H2,1H3. The molecule has 0 aliphatic carbocycles. The van der Waals surface area contributed by atoms with Crippen LogP contribution in [0, 0.1) is 0 Å². The normalized spacial score (nSPS) is 17.4. The number of pyridine rings is 1. The predicted molar refractivity (Wildman–Crippen MR) is 214 cm³/mol. The molecular formula is C41H59ClFN7O6. The summed E-state index contributed by atoms with van der Waals surface area (Å²) < 4.78 is 37.7. The number of imidazole rings is 1. The second kappa shape index (κ2) is 21.5. The van der Waals surface area contributed by atoms with Gasteiger partial charge in [0, 0.05) is 63.6 Å². The average molecular weight is 800 g/mol. The zero-order valence-electron chi connectivity index (χ0n) is 33.0. The molecule has 3 aromatic rings. The number of benzene rings is 1. The molecule has 56 heavy (non-hydrogen) atoms. The first-order valence-corrected chi connectivity index (χ1v) is 20.8. The number of rotatable bonds is 23. The smallest absolute Gasteiger partial charge is 0.238 e. The number of carbonyl (C=O) groups excluding carboxylic acids is 2. The maximum Gasteiger partial charge on any atom is 0.238 e. The van der Waals surface area contributed by atoms with Crippen molar-refractivity contribution >= 4 is 40.1 Å². The molecule has 0 bridgehead atoms. The molecule has 308 valence electrons. The Morgan fingerprint density at radius 3 is 2.18 bits per heavy atom. The third-order valence-corrected chi connectivity index (χ3v) is 11.5. The summed E-state index contributed by atoms with van der Waals surface area (Å²) >= 11 is 6.28. The SMILES string of the molecule is CCCN1CCN(CCOCCOCCOCCOCCC(=O)N2CCC3(CC2)C(=O)N(Cc2nc4cc(Cl)ccc4n2CCCCF)c2cnccc23)CC1. The van der Waals surface area contributed by atoms with Crippen LogP contribution in [0.3, 0.4) is 0 Å². The van der Waals surface area contributed by atoms with E-state index in [-0.39, 0.29) is 31.5 Å². The summed E-state index contributed by atoms with van der Waals surface area (Å²) in [5.74, 6) is 0.729. The Morgan fingerprint density at radius 2 is 1.50 bits per heavy atom. The van der Waals surface area contributed by atoms with Gasteiger partial charge in [-0.05, 0) is 68.5 Å². The summed E-state index contributed by atoms with van der Waals surface area (Å²) in [6.07, 6.45) is 7.11. The predicted octanol–water partition coefficient (Wildman–Crippen LogP) is 4.73. The molecule has 1 spiro atoms. The second-order valence-corrected chi connectivity index (χ2v) is 15.3. The van der Waals surface area contributed by atoms with Crippen LogP contribution in [0.1, 0.15) is 56.8 Å². The number of nitrogens with zero attached hydrogens (tertiary/aromatic N) is 7. The average Bonchev–Trinajstić information content (AvgIpc) is 3.66. The van der Waals surface area contributed by atoms with Gasteiger partial charge in [0.15, 0.2) is 0 Å². The number of unbranched alkanes of at least 4 members (excludes halogenated alkanes) is 1. The molecule has 1 aromatic carbocycles. The number of piperazine rings is 1. The van der Waals surface area contributed by atoms with Gasteiger partial charge < -0.3 is 38.2 Å². The minimum absolute atomic E-state index is 0.00239. The lowest BCUT2D eigenvalue weighted by atomic mass is 9.74. The van der Waals surface area contributed by atoms with Gasteiger partial charge in [-0.2, -0.15) is 0 Å². The zero-order chi connectivity index (χ0) is 39.2. The van der Waals surface area contributed by atoms with E-state index < -0.39 is 5.41 Å². The summed E-state index contributed by atoms with van der Waals surface area (Å²) in [6.45, 7) is 14.3. The van der Waals surface area contributed by atoms with Crippen molar-refractivity contribution in [2.75, 3.05) is 117 Å². The number of aryl methyl sites for hydroxylation is 1. The second-order valence-electron chi connectivity index (χ2n) is 14.8. The summed E-state index contributed by atoms with van der Waals surface area (Å²) in [7, 11) is 0. The number of aromatic nitrogens is 3. The number of carbonyl (C=O) groups is 2. The Balaban J connectivity index is 0.862. The molecule has 0 saturated carbocycles. The lowest BCUT2D eigenvalue weighted by Crippen LogP contribution is -2.50. The highest BCUT2D eigenvalue weighted by Crippen LogP contribution is 2.48. The molecule has 13 nitrogen and oxygen atoms in total. The number of ether oxygens (including phenoxy) is 4. The molecule has 0 atom stereocenters. The van der Waals surface area contributed by atoms with Crippen LogP contribution in [0.5, 0.6) is 0 Å². The largest absolute Gasteiger partial charge is 0.379 e. The Kier molecular flexibility index (Phi) is 16.3. The molecule has 0 radical (unpaired) electrons. The van der Waals surface area contributed by atoms with E-state index in [1.807, 2.05) is 29.2 Å². The van der Waals surface area contributed by atoms with Gasteiger partial charge in [-0.25, -0.2) is 4.98 Å². The fraction of sp³-hybridized carbons (Fsp3) is 0.659. The van der Waals surface area contributed by atoms with Gasteiger partial charge in [-0.15, -0.1) is 0 Å². The molecule has 2 aromatic heterocycles. The quantitative estimate of drug-likeness (QED) is 0.125. The van der Waals surface area contributed by atoms with Crippen molar-refractivity contribution < 1.29 is 32.9 Å². The first-order chi connectivity index (χ1) is 27.4. The van der Waals surface area contributed by atoms with Crippen LogP contribution >= 0.6 is 11.6 Å².